The number of morpholine rings is 1. The van der Waals surface area contributed by atoms with Crippen LogP contribution in [0.4, 0.5) is 5.69 Å². The molecule has 1 saturated heterocycles. The standard InChI is InChI=1S/C10H14N4O2/c11-10(13-15)9-2-1-8(7-12-9)14-3-5-16-6-4-14/h1-2,7,15H,3-6H2,(H2,11,13). The number of oxime groups is 1. The minimum Gasteiger partial charge on any atom is -0.409 e. The van der Waals surface area contributed by atoms with E-state index in [9.17, 15) is 0 Å². The van der Waals surface area contributed by atoms with E-state index in [4.69, 9.17) is 15.7 Å². The molecule has 16 heavy (non-hydrogen) atoms. The molecule has 1 aliphatic rings. The lowest BCUT2D eigenvalue weighted by Gasteiger charge is -2.28. The molecule has 0 radical (unpaired) electrons. The van der Waals surface area contributed by atoms with Gasteiger partial charge in [-0.05, 0) is 12.1 Å². The summed E-state index contributed by atoms with van der Waals surface area (Å²) in [4.78, 5) is 6.31. The van der Waals surface area contributed by atoms with Gasteiger partial charge in [0.1, 0.15) is 5.69 Å². The predicted molar refractivity (Wildman–Crippen MR) is 59.8 cm³/mol. The highest BCUT2D eigenvalue weighted by atomic mass is 16.5. The van der Waals surface area contributed by atoms with Crippen LogP contribution in [0, 0.1) is 0 Å². The Labute approximate surface area is 93.3 Å². The average Bonchev–Trinajstić information content (AvgIpc) is 2.39. The SMILES string of the molecule is N/C(=N/O)c1ccc(N2CCOCC2)cn1. The Bertz CT molecular complexity index is 371. The molecule has 0 bridgehead atoms. The van der Waals surface area contributed by atoms with Crippen LogP contribution >= 0.6 is 0 Å². The molecule has 1 aromatic heterocycles. The lowest BCUT2D eigenvalue weighted by Crippen LogP contribution is -2.36. The third kappa shape index (κ3) is 2.22. The van der Waals surface area contributed by atoms with Gasteiger partial charge in [-0.15, -0.1) is 0 Å². The van der Waals surface area contributed by atoms with Crippen LogP contribution in [0.2, 0.25) is 0 Å². The summed E-state index contributed by atoms with van der Waals surface area (Å²) in [6, 6.07) is 3.64. The fourth-order valence-corrected chi connectivity index (χ4v) is 1.60. The topological polar surface area (TPSA) is 84.0 Å². The quantitative estimate of drug-likeness (QED) is 0.319. The van der Waals surface area contributed by atoms with Gasteiger partial charge in [-0.1, -0.05) is 5.16 Å². The van der Waals surface area contributed by atoms with E-state index in [-0.39, 0.29) is 5.84 Å². The lowest BCUT2D eigenvalue weighted by molar-refractivity contribution is 0.122. The average molecular weight is 222 g/mol. The van der Waals surface area contributed by atoms with E-state index in [1.807, 2.05) is 6.07 Å². The maximum absolute atomic E-state index is 8.50. The fraction of sp³-hybridized carbons (Fsp3) is 0.400. The molecule has 0 saturated carbocycles. The van der Waals surface area contributed by atoms with Gasteiger partial charge in [0.05, 0.1) is 25.1 Å². The second-order valence-corrected chi connectivity index (χ2v) is 3.49. The Morgan fingerprint density at radius 2 is 2.19 bits per heavy atom. The first kappa shape index (κ1) is 10.7. The number of pyridine rings is 1. The van der Waals surface area contributed by atoms with E-state index in [1.165, 1.54) is 0 Å². The highest BCUT2D eigenvalue weighted by Crippen LogP contribution is 2.14. The first-order valence-electron chi connectivity index (χ1n) is 5.08. The van der Waals surface area contributed by atoms with Crippen LogP contribution in [0.5, 0.6) is 0 Å². The van der Waals surface area contributed by atoms with Gasteiger partial charge in [-0.25, -0.2) is 0 Å². The monoisotopic (exact) mass is 222 g/mol. The van der Waals surface area contributed by atoms with Crippen LogP contribution in [0.25, 0.3) is 0 Å². The first-order valence-corrected chi connectivity index (χ1v) is 5.08. The summed E-state index contributed by atoms with van der Waals surface area (Å²) in [5, 5.41) is 11.4. The van der Waals surface area contributed by atoms with E-state index >= 15 is 0 Å². The summed E-state index contributed by atoms with van der Waals surface area (Å²) < 4.78 is 5.27. The van der Waals surface area contributed by atoms with Crippen molar-refractivity contribution in [1.82, 2.24) is 4.98 Å². The molecule has 0 unspecified atom stereocenters. The van der Waals surface area contributed by atoms with Crippen molar-refractivity contribution >= 4 is 11.5 Å². The molecule has 0 aromatic carbocycles. The Hall–Kier alpha value is -1.82. The third-order valence-electron chi connectivity index (χ3n) is 2.49. The van der Waals surface area contributed by atoms with Gasteiger partial charge >= 0.3 is 0 Å². The number of rotatable bonds is 2. The minimum absolute atomic E-state index is 0.0218. The molecule has 2 rings (SSSR count). The van der Waals surface area contributed by atoms with Gasteiger partial charge in [0.2, 0.25) is 0 Å². The predicted octanol–water partition coefficient (Wildman–Crippen LogP) is 0.0127. The Morgan fingerprint density at radius 1 is 1.44 bits per heavy atom. The molecule has 1 aliphatic heterocycles. The number of ether oxygens (including phenoxy) is 1. The number of nitrogens with two attached hydrogens (primary N) is 1. The Balaban J connectivity index is 2.12. The fourth-order valence-electron chi connectivity index (χ4n) is 1.60. The Kier molecular flexibility index (Phi) is 3.21. The molecule has 2 heterocycles. The highest BCUT2D eigenvalue weighted by Gasteiger charge is 2.11. The van der Waals surface area contributed by atoms with Crippen molar-refractivity contribution in [2.75, 3.05) is 31.2 Å². The summed E-state index contributed by atoms with van der Waals surface area (Å²) in [5.74, 6) is 0.0218. The molecule has 3 N–H and O–H groups in total. The largest absolute Gasteiger partial charge is 0.409 e. The van der Waals surface area contributed by atoms with Gasteiger partial charge in [-0.3, -0.25) is 4.98 Å². The van der Waals surface area contributed by atoms with E-state index < -0.39 is 0 Å². The van der Waals surface area contributed by atoms with Crippen LogP contribution in [0.1, 0.15) is 5.69 Å². The van der Waals surface area contributed by atoms with Crippen molar-refractivity contribution < 1.29 is 9.94 Å². The lowest BCUT2D eigenvalue weighted by atomic mass is 10.3. The minimum atomic E-state index is 0.0218. The zero-order valence-corrected chi connectivity index (χ0v) is 8.83. The molecule has 0 amide bonds. The molecule has 0 aliphatic carbocycles. The zero-order chi connectivity index (χ0) is 11.4. The first-order chi connectivity index (χ1) is 7.81. The number of aromatic nitrogens is 1. The smallest absolute Gasteiger partial charge is 0.188 e. The summed E-state index contributed by atoms with van der Waals surface area (Å²) in [7, 11) is 0. The summed E-state index contributed by atoms with van der Waals surface area (Å²) in [5.41, 5.74) is 6.92. The van der Waals surface area contributed by atoms with Gasteiger partial charge < -0.3 is 20.6 Å². The van der Waals surface area contributed by atoms with Crippen LogP contribution in [0.3, 0.4) is 0 Å². The van der Waals surface area contributed by atoms with E-state index in [1.54, 1.807) is 12.3 Å². The van der Waals surface area contributed by atoms with Crippen molar-refractivity contribution in [3.05, 3.63) is 24.0 Å². The van der Waals surface area contributed by atoms with Crippen molar-refractivity contribution in [3.63, 3.8) is 0 Å². The van der Waals surface area contributed by atoms with Gasteiger partial charge in [-0.2, -0.15) is 0 Å². The number of hydrogen-bond donors (Lipinski definition) is 2. The van der Waals surface area contributed by atoms with Gasteiger partial charge in [0, 0.05) is 13.1 Å². The number of amidine groups is 1. The molecular weight excluding hydrogens is 208 g/mol. The molecule has 6 heteroatoms. The van der Waals surface area contributed by atoms with Gasteiger partial charge in [0.25, 0.3) is 0 Å². The van der Waals surface area contributed by atoms with Crippen molar-refractivity contribution in [2.24, 2.45) is 10.9 Å². The molecule has 6 nitrogen and oxygen atoms in total. The summed E-state index contributed by atoms with van der Waals surface area (Å²) >= 11 is 0. The van der Waals surface area contributed by atoms with E-state index in [2.05, 4.69) is 15.0 Å². The number of nitrogens with zero attached hydrogens (tertiary/aromatic N) is 3. The van der Waals surface area contributed by atoms with Crippen LogP contribution in [-0.2, 0) is 4.74 Å². The van der Waals surface area contributed by atoms with Crippen LogP contribution < -0.4 is 10.6 Å². The zero-order valence-electron chi connectivity index (χ0n) is 8.83. The second-order valence-electron chi connectivity index (χ2n) is 3.49. The molecule has 1 aromatic rings. The molecule has 1 fully saturated rings. The molecule has 0 spiro atoms. The van der Waals surface area contributed by atoms with Gasteiger partial charge in [0.15, 0.2) is 5.84 Å². The molecule has 86 valence electrons. The molecule has 0 atom stereocenters. The third-order valence-corrected chi connectivity index (χ3v) is 2.49. The summed E-state index contributed by atoms with van der Waals surface area (Å²) in [6.45, 7) is 3.21. The summed E-state index contributed by atoms with van der Waals surface area (Å²) in [6.07, 6.45) is 1.72. The van der Waals surface area contributed by atoms with Crippen LogP contribution in [-0.4, -0.2) is 42.3 Å². The maximum atomic E-state index is 8.50. The van der Waals surface area contributed by atoms with Crippen molar-refractivity contribution in [1.29, 1.82) is 0 Å². The normalized spacial score (nSPS) is 17.5. The number of anilines is 1. The Morgan fingerprint density at radius 3 is 2.75 bits per heavy atom. The van der Waals surface area contributed by atoms with Crippen molar-refractivity contribution in [3.8, 4) is 0 Å². The van der Waals surface area contributed by atoms with E-state index in [0.29, 0.717) is 5.69 Å². The number of hydrogen-bond acceptors (Lipinski definition) is 5. The maximum Gasteiger partial charge on any atom is 0.188 e. The highest BCUT2D eigenvalue weighted by molar-refractivity contribution is 5.95. The molecular formula is C10H14N4O2. The van der Waals surface area contributed by atoms with Crippen molar-refractivity contribution in [2.45, 2.75) is 0 Å². The van der Waals surface area contributed by atoms with Crippen LogP contribution in [0.15, 0.2) is 23.5 Å². The second kappa shape index (κ2) is 4.80. The van der Waals surface area contributed by atoms with E-state index in [0.717, 1.165) is 32.0 Å².